The second kappa shape index (κ2) is 6.75. The van der Waals surface area contributed by atoms with Crippen LogP contribution in [0.2, 0.25) is 0 Å². The maximum atomic E-state index is 12.1. The van der Waals surface area contributed by atoms with Crippen molar-refractivity contribution in [1.29, 1.82) is 0 Å². The minimum absolute atomic E-state index is 0.00602. The normalized spacial score (nSPS) is 23.1. The average Bonchev–Trinajstić information content (AvgIpc) is 2.89. The fourth-order valence-corrected chi connectivity index (χ4v) is 2.71. The molecule has 1 fully saturated rings. The topological polar surface area (TPSA) is 53.7 Å². The summed E-state index contributed by atoms with van der Waals surface area (Å²) in [6.07, 6.45) is 7.23. The molecule has 1 saturated carbocycles. The van der Waals surface area contributed by atoms with E-state index < -0.39 is 0 Å². The van der Waals surface area contributed by atoms with E-state index in [4.69, 9.17) is 9.52 Å². The Morgan fingerprint density at radius 3 is 2.65 bits per heavy atom. The van der Waals surface area contributed by atoms with Crippen molar-refractivity contribution < 1.29 is 14.3 Å². The Morgan fingerprint density at radius 2 is 2.10 bits per heavy atom. The summed E-state index contributed by atoms with van der Waals surface area (Å²) in [4.78, 5) is 13.9. The molecule has 0 radical (unpaired) electrons. The zero-order valence-corrected chi connectivity index (χ0v) is 12.2. The molecule has 4 heteroatoms. The van der Waals surface area contributed by atoms with Crippen LogP contribution in [0, 0.1) is 12.8 Å². The molecule has 0 bridgehead atoms. The summed E-state index contributed by atoms with van der Waals surface area (Å²) in [6, 6.07) is 4.02. The van der Waals surface area contributed by atoms with Gasteiger partial charge in [0.2, 0.25) is 5.91 Å². The molecule has 1 aromatic heterocycles. The van der Waals surface area contributed by atoms with Crippen LogP contribution in [0.1, 0.15) is 37.2 Å². The van der Waals surface area contributed by atoms with Gasteiger partial charge >= 0.3 is 0 Å². The van der Waals surface area contributed by atoms with E-state index in [-0.39, 0.29) is 18.6 Å². The third kappa shape index (κ3) is 3.73. The number of nitrogens with zero attached hydrogens (tertiary/aromatic N) is 1. The molecule has 0 atom stereocenters. The predicted molar refractivity (Wildman–Crippen MR) is 78.1 cm³/mol. The van der Waals surface area contributed by atoms with Gasteiger partial charge in [0.25, 0.3) is 0 Å². The molecular formula is C16H23NO3. The van der Waals surface area contributed by atoms with E-state index in [0.29, 0.717) is 11.7 Å². The standard InChI is InChI=1S/C16H23NO3/c1-12-3-8-15(20-12)9-10-16(19)17(2)14-6-4-13(11-18)5-7-14/h3,8-10,13-14,18H,4-7,11H2,1-2H3/b10-9+. The maximum Gasteiger partial charge on any atom is 0.246 e. The van der Waals surface area contributed by atoms with Gasteiger partial charge in [0.05, 0.1) is 0 Å². The summed E-state index contributed by atoms with van der Waals surface area (Å²) in [5.41, 5.74) is 0. The number of aryl methyl sites for hydroxylation is 1. The van der Waals surface area contributed by atoms with E-state index in [1.165, 1.54) is 0 Å². The van der Waals surface area contributed by atoms with E-state index >= 15 is 0 Å². The van der Waals surface area contributed by atoms with E-state index in [9.17, 15) is 4.79 Å². The number of hydrogen-bond acceptors (Lipinski definition) is 3. The minimum Gasteiger partial charge on any atom is -0.462 e. The van der Waals surface area contributed by atoms with Crippen molar-refractivity contribution in [2.45, 2.75) is 38.6 Å². The predicted octanol–water partition coefficient (Wildman–Crippen LogP) is 2.61. The second-order valence-corrected chi connectivity index (χ2v) is 5.59. The van der Waals surface area contributed by atoms with Crippen LogP contribution in [0.25, 0.3) is 6.08 Å². The number of aliphatic hydroxyl groups excluding tert-OH is 1. The van der Waals surface area contributed by atoms with Gasteiger partial charge in [0, 0.05) is 25.8 Å². The number of carbonyl (C=O) groups is 1. The molecule has 1 aromatic rings. The number of aliphatic hydroxyl groups is 1. The maximum absolute atomic E-state index is 12.1. The fraction of sp³-hybridized carbons (Fsp3) is 0.562. The lowest BCUT2D eigenvalue weighted by Crippen LogP contribution is -2.39. The number of amides is 1. The highest BCUT2D eigenvalue weighted by molar-refractivity contribution is 5.91. The Labute approximate surface area is 120 Å². The van der Waals surface area contributed by atoms with Crippen LogP contribution in [0.4, 0.5) is 0 Å². The molecule has 2 rings (SSSR count). The summed E-state index contributed by atoms with van der Waals surface area (Å²) in [5, 5.41) is 9.14. The van der Waals surface area contributed by atoms with Crippen molar-refractivity contribution in [3.63, 3.8) is 0 Å². The number of furan rings is 1. The van der Waals surface area contributed by atoms with Crippen LogP contribution < -0.4 is 0 Å². The smallest absolute Gasteiger partial charge is 0.246 e. The van der Waals surface area contributed by atoms with Crippen molar-refractivity contribution in [2.24, 2.45) is 5.92 Å². The molecule has 0 aliphatic heterocycles. The molecule has 20 heavy (non-hydrogen) atoms. The highest BCUT2D eigenvalue weighted by atomic mass is 16.3. The minimum atomic E-state index is 0.00602. The summed E-state index contributed by atoms with van der Waals surface area (Å²) < 4.78 is 5.40. The summed E-state index contributed by atoms with van der Waals surface area (Å²) >= 11 is 0. The van der Waals surface area contributed by atoms with E-state index in [0.717, 1.165) is 31.4 Å². The number of carbonyl (C=O) groups excluding carboxylic acids is 1. The molecule has 0 unspecified atom stereocenters. The van der Waals surface area contributed by atoms with Crippen LogP contribution in [0.15, 0.2) is 22.6 Å². The molecule has 110 valence electrons. The number of likely N-dealkylation sites (N-methyl/N-ethyl adjacent to an activating group) is 1. The SMILES string of the molecule is Cc1ccc(/C=C/C(=O)N(C)C2CCC(CO)CC2)o1. The number of hydrogen-bond donors (Lipinski definition) is 1. The van der Waals surface area contributed by atoms with Crippen molar-refractivity contribution in [1.82, 2.24) is 4.90 Å². The van der Waals surface area contributed by atoms with Crippen molar-refractivity contribution in [2.75, 3.05) is 13.7 Å². The van der Waals surface area contributed by atoms with E-state index in [2.05, 4.69) is 0 Å². The Hall–Kier alpha value is -1.55. The van der Waals surface area contributed by atoms with Gasteiger partial charge in [-0.05, 0) is 56.7 Å². The first-order chi connectivity index (χ1) is 9.60. The summed E-state index contributed by atoms with van der Waals surface area (Å²) in [7, 11) is 1.85. The van der Waals surface area contributed by atoms with Crippen molar-refractivity contribution >= 4 is 12.0 Å². The van der Waals surface area contributed by atoms with Crippen LogP contribution in [-0.2, 0) is 4.79 Å². The lowest BCUT2D eigenvalue weighted by Gasteiger charge is -2.33. The van der Waals surface area contributed by atoms with Gasteiger partial charge in [-0.15, -0.1) is 0 Å². The van der Waals surface area contributed by atoms with Crippen LogP contribution in [0.3, 0.4) is 0 Å². The Bertz CT molecular complexity index is 470. The molecule has 0 saturated heterocycles. The molecular weight excluding hydrogens is 254 g/mol. The van der Waals surface area contributed by atoms with Crippen molar-refractivity contribution in [3.05, 3.63) is 29.7 Å². The molecule has 4 nitrogen and oxygen atoms in total. The lowest BCUT2D eigenvalue weighted by atomic mass is 9.86. The Morgan fingerprint density at radius 1 is 1.40 bits per heavy atom. The number of rotatable bonds is 4. The van der Waals surface area contributed by atoms with Crippen LogP contribution in [0.5, 0.6) is 0 Å². The molecule has 1 aliphatic rings. The third-order valence-corrected chi connectivity index (χ3v) is 4.12. The van der Waals surface area contributed by atoms with Gasteiger partial charge in [-0.1, -0.05) is 0 Å². The highest BCUT2D eigenvalue weighted by Crippen LogP contribution is 2.26. The van der Waals surface area contributed by atoms with Gasteiger partial charge in [-0.2, -0.15) is 0 Å². The molecule has 1 amide bonds. The molecule has 1 N–H and O–H groups in total. The monoisotopic (exact) mass is 277 g/mol. The first-order valence-corrected chi connectivity index (χ1v) is 7.22. The zero-order valence-electron chi connectivity index (χ0n) is 12.2. The Kier molecular flexibility index (Phi) is 5.01. The quantitative estimate of drug-likeness (QED) is 0.861. The lowest BCUT2D eigenvalue weighted by molar-refractivity contribution is -0.127. The van der Waals surface area contributed by atoms with Gasteiger partial charge in [0.15, 0.2) is 0 Å². The van der Waals surface area contributed by atoms with Gasteiger partial charge in [-0.3, -0.25) is 4.79 Å². The largest absolute Gasteiger partial charge is 0.462 e. The third-order valence-electron chi connectivity index (χ3n) is 4.12. The summed E-state index contributed by atoms with van der Waals surface area (Å²) in [6.45, 7) is 2.15. The van der Waals surface area contributed by atoms with Crippen LogP contribution in [-0.4, -0.2) is 35.6 Å². The van der Waals surface area contributed by atoms with Gasteiger partial charge in [0.1, 0.15) is 11.5 Å². The Balaban J connectivity index is 1.87. The average molecular weight is 277 g/mol. The van der Waals surface area contributed by atoms with E-state index in [1.54, 1.807) is 17.1 Å². The second-order valence-electron chi connectivity index (χ2n) is 5.59. The first kappa shape index (κ1) is 14.9. The van der Waals surface area contributed by atoms with Crippen molar-refractivity contribution in [3.8, 4) is 0 Å². The molecule has 1 heterocycles. The summed E-state index contributed by atoms with van der Waals surface area (Å²) in [5.74, 6) is 1.96. The molecule has 0 spiro atoms. The molecule has 0 aromatic carbocycles. The molecule has 1 aliphatic carbocycles. The van der Waals surface area contributed by atoms with Crippen LogP contribution >= 0.6 is 0 Å². The van der Waals surface area contributed by atoms with E-state index in [1.807, 2.05) is 26.1 Å². The van der Waals surface area contributed by atoms with Gasteiger partial charge in [-0.25, -0.2) is 0 Å². The highest BCUT2D eigenvalue weighted by Gasteiger charge is 2.25. The van der Waals surface area contributed by atoms with Gasteiger partial charge < -0.3 is 14.4 Å². The fourth-order valence-electron chi connectivity index (χ4n) is 2.71. The zero-order chi connectivity index (χ0) is 14.5. The first-order valence-electron chi connectivity index (χ1n) is 7.22.